The largest absolute Gasteiger partial charge is 0.479 e. The van der Waals surface area contributed by atoms with E-state index in [1.54, 1.807) is 13.8 Å². The third kappa shape index (κ3) is 3.69. The zero-order valence-corrected chi connectivity index (χ0v) is 16.9. The molecule has 0 aliphatic rings. The van der Waals surface area contributed by atoms with Crippen molar-refractivity contribution in [3.8, 4) is 11.8 Å². The van der Waals surface area contributed by atoms with Gasteiger partial charge in [-0.15, -0.1) is 0 Å². The minimum absolute atomic E-state index is 0.127. The standard InChI is InChI=1S/C20H18F2N6O3/c1-4-31-19(29)12-8-23-27(10-12)20-25-16-9-24-28(17(16)18(26-20)30-3)11(2)14-7-13(21)5-6-15(14)22/h5-11H,4H2,1-3H3/t11-/m0/s1. The molecule has 1 aromatic carbocycles. The van der Waals surface area contributed by atoms with E-state index in [-0.39, 0.29) is 29.6 Å². The van der Waals surface area contributed by atoms with Gasteiger partial charge in [0.1, 0.15) is 22.7 Å². The smallest absolute Gasteiger partial charge is 0.341 e. The lowest BCUT2D eigenvalue weighted by Crippen LogP contribution is -2.12. The minimum atomic E-state index is -0.656. The molecule has 0 N–H and O–H groups in total. The number of carbonyl (C=O) groups excluding carboxylic acids is 1. The molecule has 4 rings (SSSR count). The number of aromatic nitrogens is 6. The Labute approximate surface area is 175 Å². The molecule has 0 spiro atoms. The van der Waals surface area contributed by atoms with Gasteiger partial charge in [-0.05, 0) is 32.0 Å². The Morgan fingerprint density at radius 2 is 2.00 bits per heavy atom. The number of methoxy groups -OCH3 is 1. The van der Waals surface area contributed by atoms with Crippen LogP contribution in [0.2, 0.25) is 0 Å². The van der Waals surface area contributed by atoms with E-state index in [1.807, 2.05) is 0 Å². The summed E-state index contributed by atoms with van der Waals surface area (Å²) in [6.07, 6.45) is 4.25. The molecule has 0 aliphatic carbocycles. The number of halogens is 2. The van der Waals surface area contributed by atoms with Gasteiger partial charge < -0.3 is 9.47 Å². The number of ether oxygens (including phenoxy) is 2. The van der Waals surface area contributed by atoms with Gasteiger partial charge in [0.05, 0.1) is 37.7 Å². The molecule has 0 saturated carbocycles. The second kappa shape index (κ2) is 8.09. The van der Waals surface area contributed by atoms with Crippen LogP contribution in [-0.2, 0) is 4.74 Å². The van der Waals surface area contributed by atoms with Crippen LogP contribution in [0.5, 0.6) is 5.88 Å². The fraction of sp³-hybridized carbons (Fsp3) is 0.250. The summed E-state index contributed by atoms with van der Waals surface area (Å²) in [5, 5.41) is 8.38. The first kappa shape index (κ1) is 20.4. The van der Waals surface area contributed by atoms with E-state index in [4.69, 9.17) is 9.47 Å². The molecular weight excluding hydrogens is 410 g/mol. The van der Waals surface area contributed by atoms with E-state index in [9.17, 15) is 13.6 Å². The topological polar surface area (TPSA) is 97.0 Å². The average Bonchev–Trinajstić information content (AvgIpc) is 3.42. The van der Waals surface area contributed by atoms with Gasteiger partial charge in [-0.1, -0.05) is 0 Å². The highest BCUT2D eigenvalue weighted by Gasteiger charge is 2.22. The molecule has 3 heterocycles. The van der Waals surface area contributed by atoms with Gasteiger partial charge >= 0.3 is 5.97 Å². The Bertz CT molecular complexity index is 1270. The lowest BCUT2D eigenvalue weighted by atomic mass is 10.1. The van der Waals surface area contributed by atoms with Crippen LogP contribution in [0.4, 0.5) is 8.78 Å². The fourth-order valence-corrected chi connectivity index (χ4v) is 3.18. The Balaban J connectivity index is 1.77. The van der Waals surface area contributed by atoms with E-state index in [0.717, 1.165) is 18.2 Å². The maximum absolute atomic E-state index is 14.3. The van der Waals surface area contributed by atoms with Crippen LogP contribution in [0.25, 0.3) is 17.0 Å². The van der Waals surface area contributed by atoms with Gasteiger partial charge in [0.25, 0.3) is 5.95 Å². The Kier molecular flexibility index (Phi) is 5.32. The Hall–Kier alpha value is -3.89. The highest BCUT2D eigenvalue weighted by molar-refractivity contribution is 5.88. The van der Waals surface area contributed by atoms with Crippen molar-refractivity contribution < 1.29 is 23.0 Å². The van der Waals surface area contributed by atoms with Crippen molar-refractivity contribution >= 4 is 17.0 Å². The molecule has 9 nitrogen and oxygen atoms in total. The normalized spacial score (nSPS) is 12.2. The number of rotatable bonds is 6. The van der Waals surface area contributed by atoms with Crippen LogP contribution in [-0.4, -0.2) is 49.2 Å². The highest BCUT2D eigenvalue weighted by Crippen LogP contribution is 2.29. The summed E-state index contributed by atoms with van der Waals surface area (Å²) in [6.45, 7) is 3.62. The van der Waals surface area contributed by atoms with Crippen molar-refractivity contribution in [3.63, 3.8) is 0 Å². The number of hydrogen-bond acceptors (Lipinski definition) is 7. The number of hydrogen-bond donors (Lipinski definition) is 0. The van der Waals surface area contributed by atoms with Crippen LogP contribution in [0, 0.1) is 11.6 Å². The van der Waals surface area contributed by atoms with Crippen molar-refractivity contribution in [1.29, 1.82) is 0 Å². The lowest BCUT2D eigenvalue weighted by Gasteiger charge is -2.16. The average molecular weight is 428 g/mol. The Morgan fingerprint density at radius 3 is 2.74 bits per heavy atom. The molecule has 0 aliphatic heterocycles. The molecule has 0 amide bonds. The zero-order valence-electron chi connectivity index (χ0n) is 16.9. The summed E-state index contributed by atoms with van der Waals surface area (Å²) in [5.74, 6) is -1.32. The van der Waals surface area contributed by atoms with Gasteiger partial charge in [0, 0.05) is 11.8 Å². The fourth-order valence-electron chi connectivity index (χ4n) is 3.18. The summed E-state index contributed by atoms with van der Waals surface area (Å²) in [4.78, 5) is 20.6. The highest BCUT2D eigenvalue weighted by atomic mass is 19.1. The molecule has 0 bridgehead atoms. The summed E-state index contributed by atoms with van der Waals surface area (Å²) in [6, 6.07) is 2.58. The van der Waals surface area contributed by atoms with Gasteiger partial charge in [-0.3, -0.25) is 4.68 Å². The zero-order chi connectivity index (χ0) is 22.1. The second-order valence-electron chi connectivity index (χ2n) is 6.59. The molecule has 31 heavy (non-hydrogen) atoms. The van der Waals surface area contributed by atoms with Crippen LogP contribution in [0.15, 0.2) is 36.8 Å². The maximum atomic E-state index is 14.3. The van der Waals surface area contributed by atoms with Crippen LogP contribution in [0.1, 0.15) is 35.8 Å². The summed E-state index contributed by atoms with van der Waals surface area (Å²) in [5.41, 5.74) is 1.18. The monoisotopic (exact) mass is 428 g/mol. The third-order valence-corrected chi connectivity index (χ3v) is 4.67. The number of nitrogens with zero attached hydrogens (tertiary/aromatic N) is 6. The molecule has 4 aromatic rings. The number of carbonyl (C=O) groups is 1. The van der Waals surface area contributed by atoms with Crippen LogP contribution < -0.4 is 4.74 Å². The molecule has 0 unspecified atom stereocenters. The molecular formula is C20H18F2N6O3. The van der Waals surface area contributed by atoms with E-state index >= 15 is 0 Å². The first-order valence-electron chi connectivity index (χ1n) is 9.39. The predicted molar refractivity (Wildman–Crippen MR) is 105 cm³/mol. The summed E-state index contributed by atoms with van der Waals surface area (Å²) < 4.78 is 41.1. The van der Waals surface area contributed by atoms with Crippen molar-refractivity contribution in [2.24, 2.45) is 0 Å². The van der Waals surface area contributed by atoms with Gasteiger partial charge in [0.2, 0.25) is 5.88 Å². The summed E-state index contributed by atoms with van der Waals surface area (Å²) >= 11 is 0. The molecule has 160 valence electrons. The Morgan fingerprint density at radius 1 is 1.19 bits per heavy atom. The van der Waals surface area contributed by atoms with E-state index < -0.39 is 23.6 Å². The molecule has 0 radical (unpaired) electrons. The van der Waals surface area contributed by atoms with Crippen LogP contribution >= 0.6 is 0 Å². The molecule has 3 aromatic heterocycles. The third-order valence-electron chi connectivity index (χ3n) is 4.67. The lowest BCUT2D eigenvalue weighted by molar-refractivity contribution is 0.0526. The van der Waals surface area contributed by atoms with Crippen molar-refractivity contribution in [2.75, 3.05) is 13.7 Å². The van der Waals surface area contributed by atoms with Gasteiger partial charge in [-0.25, -0.2) is 23.2 Å². The quantitative estimate of drug-likeness (QED) is 0.435. The van der Waals surface area contributed by atoms with Gasteiger partial charge in [0.15, 0.2) is 0 Å². The van der Waals surface area contributed by atoms with E-state index in [1.165, 1.54) is 35.1 Å². The number of esters is 1. The molecule has 0 fully saturated rings. The van der Waals surface area contributed by atoms with Crippen molar-refractivity contribution in [2.45, 2.75) is 19.9 Å². The van der Waals surface area contributed by atoms with Crippen molar-refractivity contribution in [3.05, 3.63) is 59.6 Å². The van der Waals surface area contributed by atoms with E-state index in [2.05, 4.69) is 20.2 Å². The second-order valence-corrected chi connectivity index (χ2v) is 6.59. The predicted octanol–water partition coefficient (Wildman–Crippen LogP) is 3.08. The van der Waals surface area contributed by atoms with Crippen molar-refractivity contribution in [1.82, 2.24) is 29.5 Å². The maximum Gasteiger partial charge on any atom is 0.341 e. The number of fused-ring (bicyclic) bond motifs is 1. The summed E-state index contributed by atoms with van der Waals surface area (Å²) in [7, 11) is 1.42. The number of benzene rings is 1. The van der Waals surface area contributed by atoms with E-state index in [0.29, 0.717) is 11.0 Å². The first-order valence-corrected chi connectivity index (χ1v) is 9.39. The molecule has 0 saturated heterocycles. The first-order chi connectivity index (χ1) is 14.9. The minimum Gasteiger partial charge on any atom is -0.479 e. The van der Waals surface area contributed by atoms with Crippen LogP contribution in [0.3, 0.4) is 0 Å². The van der Waals surface area contributed by atoms with Gasteiger partial charge in [-0.2, -0.15) is 15.2 Å². The molecule has 11 heteroatoms. The SMILES string of the molecule is CCOC(=O)c1cnn(-c2nc(OC)c3c(cnn3[C@@H](C)c3cc(F)ccc3F)n2)c1. The molecule has 1 atom stereocenters.